The minimum atomic E-state index is -0.163. The third-order valence-electron chi connectivity index (χ3n) is 4.16. The lowest BCUT2D eigenvalue weighted by atomic mass is 9.93. The molecular formula is C17H19ClN2O2. The maximum atomic E-state index is 12.6. The van der Waals surface area contributed by atoms with Crippen LogP contribution in [0.5, 0.6) is 0 Å². The van der Waals surface area contributed by atoms with Crippen LogP contribution in [0.3, 0.4) is 0 Å². The Balaban J connectivity index is 1.92. The number of benzene rings is 1. The number of hydrogen-bond acceptors (Lipinski definition) is 3. The molecule has 0 unspecified atom stereocenters. The average molecular weight is 319 g/mol. The van der Waals surface area contributed by atoms with Crippen LogP contribution >= 0.6 is 11.6 Å². The summed E-state index contributed by atoms with van der Waals surface area (Å²) in [7, 11) is 0. The maximum Gasteiger partial charge on any atom is 0.261 e. The summed E-state index contributed by atoms with van der Waals surface area (Å²) < 4.78 is 0. The SMILES string of the molecule is CCCNc1cc(N2C(=O)C3=C(CCCC3)C2=O)ccc1Cl. The van der Waals surface area contributed by atoms with Crippen LogP contribution in [0.4, 0.5) is 11.4 Å². The van der Waals surface area contributed by atoms with Crippen LogP contribution in [0, 0.1) is 0 Å². The molecule has 116 valence electrons. The van der Waals surface area contributed by atoms with Crippen LogP contribution in [0.1, 0.15) is 39.0 Å². The zero-order chi connectivity index (χ0) is 15.7. The number of carbonyl (C=O) groups excluding carboxylic acids is 2. The molecule has 0 fully saturated rings. The quantitative estimate of drug-likeness (QED) is 0.856. The Hall–Kier alpha value is -1.81. The fraction of sp³-hybridized carbons (Fsp3) is 0.412. The highest BCUT2D eigenvalue weighted by atomic mass is 35.5. The first-order valence-corrected chi connectivity index (χ1v) is 8.15. The predicted molar refractivity (Wildman–Crippen MR) is 88.2 cm³/mol. The standard InChI is InChI=1S/C17H19ClN2O2/c1-2-9-19-15-10-11(7-8-14(15)18)20-16(21)12-5-3-4-6-13(12)17(20)22/h7-8,10,19H,2-6,9H2,1H3. The Kier molecular flexibility index (Phi) is 4.21. The van der Waals surface area contributed by atoms with Crippen LogP contribution in [0.2, 0.25) is 5.02 Å². The van der Waals surface area contributed by atoms with Gasteiger partial charge in [-0.1, -0.05) is 18.5 Å². The lowest BCUT2D eigenvalue weighted by Crippen LogP contribution is -2.31. The summed E-state index contributed by atoms with van der Waals surface area (Å²) >= 11 is 6.17. The van der Waals surface area contributed by atoms with E-state index in [2.05, 4.69) is 12.2 Å². The number of imide groups is 1. The smallest absolute Gasteiger partial charge is 0.261 e. The van der Waals surface area contributed by atoms with E-state index in [0.717, 1.165) is 31.5 Å². The highest BCUT2D eigenvalue weighted by molar-refractivity contribution is 6.35. The van der Waals surface area contributed by atoms with Crippen molar-refractivity contribution in [3.8, 4) is 0 Å². The summed E-state index contributed by atoms with van der Waals surface area (Å²) in [6.07, 6.45) is 4.36. The Morgan fingerprint density at radius 2 is 1.77 bits per heavy atom. The Bertz CT molecular complexity index is 639. The van der Waals surface area contributed by atoms with E-state index >= 15 is 0 Å². The van der Waals surface area contributed by atoms with Gasteiger partial charge in [0.15, 0.2) is 0 Å². The molecule has 3 rings (SSSR count). The lowest BCUT2D eigenvalue weighted by molar-refractivity contribution is -0.120. The predicted octanol–water partition coefficient (Wildman–Crippen LogP) is 3.91. The van der Waals surface area contributed by atoms with E-state index < -0.39 is 0 Å². The van der Waals surface area contributed by atoms with E-state index in [9.17, 15) is 9.59 Å². The van der Waals surface area contributed by atoms with Crippen molar-refractivity contribution in [2.45, 2.75) is 39.0 Å². The van der Waals surface area contributed by atoms with Gasteiger partial charge < -0.3 is 5.32 Å². The highest BCUT2D eigenvalue weighted by Gasteiger charge is 2.39. The summed E-state index contributed by atoms with van der Waals surface area (Å²) in [5.41, 5.74) is 2.75. The number of hydrogen-bond donors (Lipinski definition) is 1. The Morgan fingerprint density at radius 1 is 1.14 bits per heavy atom. The molecular weight excluding hydrogens is 300 g/mol. The molecule has 1 aliphatic carbocycles. The molecule has 22 heavy (non-hydrogen) atoms. The fourth-order valence-electron chi connectivity index (χ4n) is 3.02. The van der Waals surface area contributed by atoms with Gasteiger partial charge in [-0.3, -0.25) is 9.59 Å². The average Bonchev–Trinajstić information content (AvgIpc) is 2.79. The van der Waals surface area contributed by atoms with E-state index in [1.165, 1.54) is 4.90 Å². The molecule has 0 spiro atoms. The van der Waals surface area contributed by atoms with Crippen LogP contribution in [0.25, 0.3) is 0 Å². The van der Waals surface area contributed by atoms with Gasteiger partial charge in [0.25, 0.3) is 11.8 Å². The summed E-state index contributed by atoms with van der Waals surface area (Å²) in [5.74, 6) is -0.327. The van der Waals surface area contributed by atoms with Gasteiger partial charge in [0.05, 0.1) is 16.4 Å². The van der Waals surface area contributed by atoms with Crippen molar-refractivity contribution in [3.63, 3.8) is 0 Å². The monoisotopic (exact) mass is 318 g/mol. The molecule has 1 N–H and O–H groups in total. The molecule has 1 aliphatic heterocycles. The second-order valence-corrected chi connectivity index (χ2v) is 6.11. The third kappa shape index (κ3) is 2.52. The van der Waals surface area contributed by atoms with E-state index in [-0.39, 0.29) is 11.8 Å². The first kappa shape index (κ1) is 15.1. The molecule has 2 amide bonds. The molecule has 1 aromatic rings. The van der Waals surface area contributed by atoms with E-state index in [0.29, 0.717) is 34.7 Å². The van der Waals surface area contributed by atoms with Crippen LogP contribution in [0.15, 0.2) is 29.3 Å². The zero-order valence-corrected chi connectivity index (χ0v) is 13.4. The second kappa shape index (κ2) is 6.13. The topological polar surface area (TPSA) is 49.4 Å². The lowest BCUT2D eigenvalue weighted by Gasteiger charge is -2.17. The van der Waals surface area contributed by atoms with E-state index in [4.69, 9.17) is 11.6 Å². The van der Waals surface area contributed by atoms with Gasteiger partial charge in [-0.15, -0.1) is 0 Å². The highest BCUT2D eigenvalue weighted by Crippen LogP contribution is 2.37. The van der Waals surface area contributed by atoms with Crippen molar-refractivity contribution >= 4 is 34.8 Å². The summed E-state index contributed by atoms with van der Waals surface area (Å²) in [6, 6.07) is 5.24. The van der Waals surface area contributed by atoms with Gasteiger partial charge in [0, 0.05) is 17.7 Å². The largest absolute Gasteiger partial charge is 0.384 e. The Morgan fingerprint density at radius 3 is 2.36 bits per heavy atom. The molecule has 0 bridgehead atoms. The van der Waals surface area contributed by atoms with E-state index in [1.807, 2.05) is 0 Å². The fourth-order valence-corrected chi connectivity index (χ4v) is 3.21. The molecule has 0 saturated carbocycles. The Labute approximate surface area is 135 Å². The van der Waals surface area contributed by atoms with Gasteiger partial charge >= 0.3 is 0 Å². The molecule has 0 aromatic heterocycles. The van der Waals surface area contributed by atoms with Gasteiger partial charge in [-0.2, -0.15) is 0 Å². The third-order valence-corrected chi connectivity index (χ3v) is 4.49. The zero-order valence-electron chi connectivity index (χ0n) is 12.6. The van der Waals surface area contributed by atoms with Gasteiger partial charge in [-0.25, -0.2) is 4.90 Å². The van der Waals surface area contributed by atoms with Crippen molar-refractivity contribution in [1.82, 2.24) is 0 Å². The number of halogens is 1. The number of rotatable bonds is 4. The maximum absolute atomic E-state index is 12.6. The van der Waals surface area contributed by atoms with Gasteiger partial charge in [0.2, 0.25) is 0 Å². The molecule has 2 aliphatic rings. The van der Waals surface area contributed by atoms with E-state index in [1.54, 1.807) is 18.2 Å². The van der Waals surface area contributed by atoms with Crippen molar-refractivity contribution < 1.29 is 9.59 Å². The number of anilines is 2. The first-order chi connectivity index (χ1) is 10.6. The normalized spacial score (nSPS) is 18.0. The number of amides is 2. The summed E-state index contributed by atoms with van der Waals surface area (Å²) in [5, 5.41) is 3.82. The summed E-state index contributed by atoms with van der Waals surface area (Å²) in [4.78, 5) is 26.4. The second-order valence-electron chi connectivity index (χ2n) is 5.70. The molecule has 5 heteroatoms. The van der Waals surface area contributed by atoms with Crippen LogP contribution < -0.4 is 10.2 Å². The van der Waals surface area contributed by atoms with Crippen molar-refractivity contribution in [1.29, 1.82) is 0 Å². The van der Waals surface area contributed by atoms with Gasteiger partial charge in [0.1, 0.15) is 0 Å². The molecule has 1 heterocycles. The van der Waals surface area contributed by atoms with Crippen LogP contribution in [-0.2, 0) is 9.59 Å². The minimum absolute atomic E-state index is 0.163. The first-order valence-electron chi connectivity index (χ1n) is 7.77. The van der Waals surface area contributed by atoms with Crippen LogP contribution in [-0.4, -0.2) is 18.4 Å². The number of nitrogens with one attached hydrogen (secondary N) is 1. The van der Waals surface area contributed by atoms with Crippen molar-refractivity contribution in [2.24, 2.45) is 0 Å². The van der Waals surface area contributed by atoms with Crippen molar-refractivity contribution in [2.75, 3.05) is 16.8 Å². The summed E-state index contributed by atoms with van der Waals surface area (Å²) in [6.45, 7) is 2.86. The molecule has 4 nitrogen and oxygen atoms in total. The molecule has 0 saturated heterocycles. The molecule has 1 aromatic carbocycles. The molecule has 0 atom stereocenters. The van der Waals surface area contributed by atoms with Crippen molar-refractivity contribution in [3.05, 3.63) is 34.4 Å². The minimum Gasteiger partial charge on any atom is -0.384 e. The number of nitrogens with zero attached hydrogens (tertiary/aromatic N) is 1. The number of carbonyl (C=O) groups is 2. The molecule has 0 radical (unpaired) electrons. The van der Waals surface area contributed by atoms with Gasteiger partial charge in [-0.05, 0) is 50.3 Å².